The number of amides is 2. The third-order valence-electron chi connectivity index (χ3n) is 3.33. The van der Waals surface area contributed by atoms with Gasteiger partial charge in [0.05, 0.1) is 0 Å². The van der Waals surface area contributed by atoms with E-state index in [-0.39, 0.29) is 24.5 Å². The van der Waals surface area contributed by atoms with Crippen LogP contribution in [0, 0.1) is 5.92 Å². The van der Waals surface area contributed by atoms with E-state index in [1.165, 1.54) is 4.90 Å². The van der Waals surface area contributed by atoms with Gasteiger partial charge in [0.25, 0.3) is 0 Å². The molecule has 1 saturated heterocycles. The number of rotatable bonds is 3. The summed E-state index contributed by atoms with van der Waals surface area (Å²) in [5, 5.41) is 0. The van der Waals surface area contributed by atoms with E-state index in [4.69, 9.17) is 4.74 Å². The Morgan fingerprint density at radius 2 is 2.11 bits per heavy atom. The molecule has 2 unspecified atom stereocenters. The topological polar surface area (TPSA) is 46.6 Å². The minimum Gasteiger partial charge on any atom is -0.446 e. The maximum atomic E-state index is 12.2. The molecule has 2 atom stereocenters. The van der Waals surface area contributed by atoms with Gasteiger partial charge in [0, 0.05) is 5.92 Å². The molecule has 18 heavy (non-hydrogen) atoms. The van der Waals surface area contributed by atoms with Gasteiger partial charge in [0.15, 0.2) is 0 Å². The lowest BCUT2D eigenvalue weighted by Crippen LogP contribution is -2.37. The number of hydrogen-bond acceptors (Lipinski definition) is 3. The van der Waals surface area contributed by atoms with E-state index in [1.54, 1.807) is 0 Å². The zero-order valence-electron chi connectivity index (χ0n) is 10.6. The number of carbonyl (C=O) groups excluding carboxylic acids is 2. The van der Waals surface area contributed by atoms with Crippen LogP contribution in [0.25, 0.3) is 0 Å². The van der Waals surface area contributed by atoms with Crippen LogP contribution >= 0.6 is 0 Å². The molecular formula is C14H17NO3. The molecular weight excluding hydrogens is 230 g/mol. The predicted molar refractivity (Wildman–Crippen MR) is 66.8 cm³/mol. The second-order valence-electron chi connectivity index (χ2n) is 4.52. The van der Waals surface area contributed by atoms with Gasteiger partial charge >= 0.3 is 6.09 Å². The molecule has 1 aromatic rings. The lowest BCUT2D eigenvalue weighted by Gasteiger charge is -2.22. The van der Waals surface area contributed by atoms with Crippen molar-refractivity contribution in [1.29, 1.82) is 0 Å². The van der Waals surface area contributed by atoms with E-state index < -0.39 is 6.09 Å². The highest BCUT2D eigenvalue weighted by Gasteiger charge is 2.39. The zero-order valence-corrected chi connectivity index (χ0v) is 10.6. The number of nitrogens with zero attached hydrogens (tertiary/aromatic N) is 1. The molecule has 0 N–H and O–H groups in total. The highest BCUT2D eigenvalue weighted by molar-refractivity contribution is 5.94. The van der Waals surface area contributed by atoms with Crippen molar-refractivity contribution in [2.45, 2.75) is 26.3 Å². The van der Waals surface area contributed by atoms with Gasteiger partial charge in [-0.05, 0) is 12.0 Å². The van der Waals surface area contributed by atoms with Gasteiger partial charge in [0.2, 0.25) is 5.91 Å². The van der Waals surface area contributed by atoms with Crippen molar-refractivity contribution in [1.82, 2.24) is 4.90 Å². The van der Waals surface area contributed by atoms with Crippen molar-refractivity contribution in [2.75, 3.05) is 6.61 Å². The van der Waals surface area contributed by atoms with Crippen LogP contribution in [0.4, 0.5) is 4.79 Å². The van der Waals surface area contributed by atoms with Crippen LogP contribution in [-0.4, -0.2) is 23.5 Å². The first-order chi connectivity index (χ1) is 8.65. The molecule has 1 heterocycles. The van der Waals surface area contributed by atoms with E-state index in [0.717, 1.165) is 5.56 Å². The number of benzene rings is 1. The SMILES string of the molecule is CCC(C)C(=O)N1C(=O)OCC1c1ccccc1. The Balaban J connectivity index is 2.26. The lowest BCUT2D eigenvalue weighted by molar-refractivity contribution is -0.133. The number of ether oxygens (including phenoxy) is 1. The van der Waals surface area contributed by atoms with Crippen LogP contribution in [0.3, 0.4) is 0 Å². The Labute approximate surface area is 107 Å². The Kier molecular flexibility index (Phi) is 3.65. The van der Waals surface area contributed by atoms with Crippen molar-refractivity contribution in [2.24, 2.45) is 5.92 Å². The standard InChI is InChI=1S/C14H17NO3/c1-3-10(2)13(16)15-12(9-18-14(15)17)11-7-5-4-6-8-11/h4-8,10,12H,3,9H2,1-2H3. The molecule has 1 aliphatic rings. The molecule has 0 radical (unpaired) electrons. The average Bonchev–Trinajstić information content (AvgIpc) is 2.80. The maximum Gasteiger partial charge on any atom is 0.417 e. The summed E-state index contributed by atoms with van der Waals surface area (Å²) in [6, 6.07) is 9.21. The number of hydrogen-bond donors (Lipinski definition) is 0. The summed E-state index contributed by atoms with van der Waals surface area (Å²) in [7, 11) is 0. The molecule has 96 valence electrons. The Morgan fingerprint density at radius 1 is 1.44 bits per heavy atom. The van der Waals surface area contributed by atoms with Crippen LogP contribution in [0.5, 0.6) is 0 Å². The van der Waals surface area contributed by atoms with E-state index in [9.17, 15) is 9.59 Å². The minimum atomic E-state index is -0.533. The summed E-state index contributed by atoms with van der Waals surface area (Å²) < 4.78 is 5.01. The number of carbonyl (C=O) groups is 2. The molecule has 1 aromatic carbocycles. The fourth-order valence-corrected chi connectivity index (χ4v) is 2.00. The predicted octanol–water partition coefficient (Wildman–Crippen LogP) is 2.75. The van der Waals surface area contributed by atoms with Crippen molar-refractivity contribution in [3.63, 3.8) is 0 Å². The number of cyclic esters (lactones) is 1. The van der Waals surface area contributed by atoms with Gasteiger partial charge in [-0.25, -0.2) is 9.69 Å². The van der Waals surface area contributed by atoms with Gasteiger partial charge in [0.1, 0.15) is 12.6 Å². The van der Waals surface area contributed by atoms with Gasteiger partial charge in [-0.1, -0.05) is 44.2 Å². The maximum absolute atomic E-state index is 12.2. The van der Waals surface area contributed by atoms with E-state index in [0.29, 0.717) is 6.42 Å². The van der Waals surface area contributed by atoms with Gasteiger partial charge in [-0.2, -0.15) is 0 Å². The van der Waals surface area contributed by atoms with Crippen molar-refractivity contribution < 1.29 is 14.3 Å². The van der Waals surface area contributed by atoms with E-state index in [2.05, 4.69) is 0 Å². The zero-order chi connectivity index (χ0) is 13.1. The monoisotopic (exact) mass is 247 g/mol. The normalized spacial score (nSPS) is 20.7. The van der Waals surface area contributed by atoms with Crippen LogP contribution in [0.1, 0.15) is 31.9 Å². The highest BCUT2D eigenvalue weighted by Crippen LogP contribution is 2.29. The van der Waals surface area contributed by atoms with Crippen LogP contribution < -0.4 is 0 Å². The fraction of sp³-hybridized carbons (Fsp3) is 0.429. The summed E-state index contributed by atoms with van der Waals surface area (Å²) in [6.07, 6.45) is 0.179. The molecule has 1 fully saturated rings. The lowest BCUT2D eigenvalue weighted by atomic mass is 10.0. The first-order valence-corrected chi connectivity index (χ1v) is 6.20. The first kappa shape index (κ1) is 12.6. The molecule has 2 rings (SSSR count). The summed E-state index contributed by atoms with van der Waals surface area (Å²) in [6.45, 7) is 4.00. The average molecular weight is 247 g/mol. The Morgan fingerprint density at radius 3 is 2.72 bits per heavy atom. The summed E-state index contributed by atoms with van der Waals surface area (Å²) in [5.41, 5.74) is 0.931. The summed E-state index contributed by atoms with van der Waals surface area (Å²) in [4.78, 5) is 25.2. The third kappa shape index (κ3) is 2.23. The van der Waals surface area contributed by atoms with Crippen LogP contribution in [0.15, 0.2) is 30.3 Å². The molecule has 4 nitrogen and oxygen atoms in total. The molecule has 4 heteroatoms. The number of imide groups is 1. The Bertz CT molecular complexity index is 444. The minimum absolute atomic E-state index is 0.158. The summed E-state index contributed by atoms with van der Waals surface area (Å²) >= 11 is 0. The largest absolute Gasteiger partial charge is 0.446 e. The van der Waals surface area contributed by atoms with Crippen LogP contribution in [0.2, 0.25) is 0 Å². The van der Waals surface area contributed by atoms with E-state index in [1.807, 2.05) is 44.2 Å². The molecule has 0 aromatic heterocycles. The summed E-state index contributed by atoms with van der Waals surface area (Å²) in [5.74, 6) is -0.323. The van der Waals surface area contributed by atoms with Gasteiger partial charge < -0.3 is 4.74 Å². The molecule has 0 saturated carbocycles. The van der Waals surface area contributed by atoms with Gasteiger partial charge in [-0.15, -0.1) is 0 Å². The van der Waals surface area contributed by atoms with Crippen LogP contribution in [-0.2, 0) is 9.53 Å². The van der Waals surface area contributed by atoms with Gasteiger partial charge in [-0.3, -0.25) is 4.79 Å². The highest BCUT2D eigenvalue weighted by atomic mass is 16.6. The second kappa shape index (κ2) is 5.21. The second-order valence-corrected chi connectivity index (χ2v) is 4.52. The molecule has 0 aliphatic carbocycles. The van der Waals surface area contributed by atoms with E-state index >= 15 is 0 Å². The molecule has 0 spiro atoms. The fourth-order valence-electron chi connectivity index (χ4n) is 2.00. The molecule has 2 amide bonds. The smallest absolute Gasteiger partial charge is 0.417 e. The Hall–Kier alpha value is -1.84. The van der Waals surface area contributed by atoms with Crippen molar-refractivity contribution in [3.05, 3.63) is 35.9 Å². The third-order valence-corrected chi connectivity index (χ3v) is 3.33. The first-order valence-electron chi connectivity index (χ1n) is 6.20. The molecule has 0 bridgehead atoms. The van der Waals surface area contributed by atoms with Crippen molar-refractivity contribution >= 4 is 12.0 Å². The van der Waals surface area contributed by atoms with Crippen molar-refractivity contribution in [3.8, 4) is 0 Å². The quantitative estimate of drug-likeness (QED) is 0.825. The molecule has 1 aliphatic heterocycles.